The Bertz CT molecular complexity index is 1070. The number of hydrogen-bond acceptors (Lipinski definition) is 4. The second-order valence-corrected chi connectivity index (χ2v) is 9.79. The van der Waals surface area contributed by atoms with E-state index in [9.17, 15) is 39.6 Å². The lowest BCUT2D eigenvalue weighted by molar-refractivity contribution is -0.274. The molecule has 0 N–H and O–H groups in total. The zero-order valence-electron chi connectivity index (χ0n) is 16.4. The van der Waals surface area contributed by atoms with Crippen molar-refractivity contribution in [1.29, 1.82) is 0 Å². The minimum Gasteiger partial charge on any atom is -0.406 e. The number of rotatable bonds is 7. The first kappa shape index (κ1) is 24.1. The Kier molecular flexibility index (Phi) is 6.60. The molecule has 2 aromatic carbocycles. The predicted molar refractivity (Wildman–Crippen MR) is 102 cm³/mol. The Hall–Kier alpha value is -2.56. The molecule has 0 unspecified atom stereocenters. The average Bonchev–Trinajstić information content (AvgIpc) is 2.65. The monoisotopic (exact) mass is 480 g/mol. The summed E-state index contributed by atoms with van der Waals surface area (Å²) in [6.45, 7) is 0. The van der Waals surface area contributed by atoms with Crippen molar-refractivity contribution >= 4 is 15.6 Å². The highest BCUT2D eigenvalue weighted by Crippen LogP contribution is 2.40. The Morgan fingerprint density at radius 1 is 0.969 bits per heavy atom. The Morgan fingerprint density at radius 2 is 1.59 bits per heavy atom. The smallest absolute Gasteiger partial charge is 0.406 e. The largest absolute Gasteiger partial charge is 0.573 e. The van der Waals surface area contributed by atoms with Gasteiger partial charge in [0.15, 0.2) is 15.6 Å². The first-order chi connectivity index (χ1) is 14.8. The van der Waals surface area contributed by atoms with Crippen molar-refractivity contribution in [3.05, 3.63) is 59.7 Å². The summed E-state index contributed by atoms with van der Waals surface area (Å²) in [4.78, 5) is 11.8. The van der Waals surface area contributed by atoms with Gasteiger partial charge in [-0.2, -0.15) is 13.2 Å². The van der Waals surface area contributed by atoms with Gasteiger partial charge in [0, 0.05) is 12.0 Å². The lowest BCUT2D eigenvalue weighted by atomic mass is 9.80. The van der Waals surface area contributed by atoms with Crippen LogP contribution in [0.25, 0.3) is 0 Å². The van der Waals surface area contributed by atoms with Gasteiger partial charge in [-0.3, -0.25) is 4.79 Å². The van der Waals surface area contributed by atoms with E-state index < -0.39 is 38.9 Å². The number of Topliss-reactive ketones (excluding diaryl/α,β-unsaturated/α-hetero) is 1. The van der Waals surface area contributed by atoms with E-state index in [1.807, 2.05) is 0 Å². The topological polar surface area (TPSA) is 60.4 Å². The summed E-state index contributed by atoms with van der Waals surface area (Å²) in [6.07, 6.45) is -8.59. The number of sulfone groups is 1. The van der Waals surface area contributed by atoms with Crippen LogP contribution in [-0.4, -0.2) is 25.8 Å². The van der Waals surface area contributed by atoms with Crippen molar-refractivity contribution < 1.29 is 44.3 Å². The van der Waals surface area contributed by atoms with Crippen LogP contribution in [0.4, 0.5) is 26.3 Å². The molecule has 0 heterocycles. The molecule has 1 aliphatic rings. The summed E-state index contributed by atoms with van der Waals surface area (Å²) in [5, 5.41) is -0.815. The van der Waals surface area contributed by atoms with Crippen LogP contribution in [0.1, 0.15) is 41.6 Å². The summed E-state index contributed by atoms with van der Waals surface area (Å²) in [6, 6.07) is 8.09. The van der Waals surface area contributed by atoms with Crippen LogP contribution in [0, 0.1) is 5.92 Å². The number of halogens is 6. The first-order valence-corrected chi connectivity index (χ1v) is 11.1. The Labute approximate surface area is 180 Å². The molecule has 1 fully saturated rings. The van der Waals surface area contributed by atoms with Gasteiger partial charge in [0.05, 0.1) is 15.7 Å². The first-order valence-electron chi connectivity index (χ1n) is 9.56. The van der Waals surface area contributed by atoms with E-state index in [4.69, 9.17) is 0 Å². The van der Waals surface area contributed by atoms with Crippen molar-refractivity contribution in [2.24, 2.45) is 5.92 Å². The molecule has 0 amide bonds. The van der Waals surface area contributed by atoms with Crippen LogP contribution < -0.4 is 4.74 Å². The number of hydrogen-bond donors (Lipinski definition) is 0. The lowest BCUT2D eigenvalue weighted by Crippen LogP contribution is -2.36. The van der Waals surface area contributed by atoms with Crippen LogP contribution in [0.5, 0.6) is 5.75 Å². The maximum atomic E-state index is 12.8. The average molecular weight is 480 g/mol. The van der Waals surface area contributed by atoms with Crippen molar-refractivity contribution in [3.8, 4) is 5.75 Å². The van der Waals surface area contributed by atoms with Crippen molar-refractivity contribution in [2.75, 3.05) is 0 Å². The zero-order chi connectivity index (χ0) is 23.7. The molecule has 1 aliphatic carbocycles. The molecule has 2 aromatic rings. The van der Waals surface area contributed by atoms with Crippen molar-refractivity contribution in [2.45, 2.75) is 48.4 Å². The van der Waals surface area contributed by atoms with E-state index in [1.54, 1.807) is 0 Å². The number of carbonyl (C=O) groups excluding carboxylic acids is 1. The second-order valence-electron chi connectivity index (χ2n) is 7.56. The number of alkyl halides is 6. The van der Waals surface area contributed by atoms with Gasteiger partial charge < -0.3 is 4.74 Å². The minimum atomic E-state index is -4.83. The van der Waals surface area contributed by atoms with Crippen LogP contribution in [0.2, 0.25) is 0 Å². The second kappa shape index (κ2) is 8.76. The predicted octanol–water partition coefficient (Wildman–Crippen LogP) is 5.82. The molecular weight excluding hydrogens is 462 g/mol. The summed E-state index contributed by atoms with van der Waals surface area (Å²) in [5.41, 5.74) is -0.835. The highest BCUT2D eigenvalue weighted by atomic mass is 32.2. The van der Waals surface area contributed by atoms with Gasteiger partial charge in [0.1, 0.15) is 5.75 Å². The summed E-state index contributed by atoms with van der Waals surface area (Å²) < 4.78 is 104. The van der Waals surface area contributed by atoms with Crippen LogP contribution in [-0.2, 0) is 16.0 Å². The third-order valence-electron chi connectivity index (χ3n) is 5.31. The molecule has 3 rings (SSSR count). The highest BCUT2D eigenvalue weighted by molar-refractivity contribution is 7.92. The number of ketones is 1. The minimum absolute atomic E-state index is 0.0699. The zero-order valence-corrected chi connectivity index (χ0v) is 17.2. The molecule has 0 bridgehead atoms. The molecular formula is C21H18F6O4S. The quantitative estimate of drug-likeness (QED) is 0.370. The van der Waals surface area contributed by atoms with Gasteiger partial charge in [-0.15, -0.1) is 13.2 Å². The fourth-order valence-corrected chi connectivity index (χ4v) is 5.52. The Balaban J connectivity index is 1.52. The molecule has 0 radical (unpaired) electrons. The standard InChI is InChI=1S/C21H18F6O4S/c22-20(23,24)15-2-1-3-17(12-15)32(29,30)18-10-13(11-18)4-9-19(28)14-5-7-16(8-6-14)31-21(25,26)27/h1-3,5-8,12-13,18H,4,9-11H2. The van der Waals surface area contributed by atoms with Gasteiger partial charge in [0.2, 0.25) is 0 Å². The van der Waals surface area contributed by atoms with E-state index in [-0.39, 0.29) is 41.4 Å². The van der Waals surface area contributed by atoms with E-state index in [0.717, 1.165) is 30.3 Å². The van der Waals surface area contributed by atoms with E-state index in [0.29, 0.717) is 12.5 Å². The number of carbonyl (C=O) groups is 1. The molecule has 11 heteroatoms. The normalized spacial score (nSPS) is 19.3. The van der Waals surface area contributed by atoms with E-state index in [2.05, 4.69) is 4.74 Å². The van der Waals surface area contributed by atoms with Crippen LogP contribution in [0.3, 0.4) is 0 Å². The fourth-order valence-electron chi connectivity index (χ4n) is 3.53. The molecule has 1 saturated carbocycles. The maximum absolute atomic E-state index is 12.8. The number of benzene rings is 2. The Morgan fingerprint density at radius 3 is 2.16 bits per heavy atom. The van der Waals surface area contributed by atoms with Gasteiger partial charge in [0.25, 0.3) is 0 Å². The molecule has 0 saturated heterocycles. The molecule has 0 aromatic heterocycles. The molecule has 0 spiro atoms. The van der Waals surface area contributed by atoms with Crippen LogP contribution >= 0.6 is 0 Å². The van der Waals surface area contributed by atoms with Crippen molar-refractivity contribution in [3.63, 3.8) is 0 Å². The molecule has 174 valence electrons. The van der Waals surface area contributed by atoms with Gasteiger partial charge in [-0.1, -0.05) is 6.07 Å². The van der Waals surface area contributed by atoms with Gasteiger partial charge in [-0.05, 0) is 67.6 Å². The fraction of sp³-hybridized carbons (Fsp3) is 0.381. The molecule has 0 aliphatic heterocycles. The number of ether oxygens (including phenoxy) is 1. The SMILES string of the molecule is O=C(CCC1CC(S(=O)(=O)c2cccc(C(F)(F)F)c2)C1)c1ccc(OC(F)(F)F)cc1. The highest BCUT2D eigenvalue weighted by Gasteiger charge is 2.40. The van der Waals surface area contributed by atoms with Crippen molar-refractivity contribution in [1.82, 2.24) is 0 Å². The van der Waals surface area contributed by atoms with Crippen LogP contribution in [0.15, 0.2) is 53.4 Å². The summed E-state index contributed by atoms with van der Waals surface area (Å²) >= 11 is 0. The molecule has 0 atom stereocenters. The third-order valence-corrected chi connectivity index (χ3v) is 7.48. The van der Waals surface area contributed by atoms with E-state index in [1.165, 1.54) is 12.1 Å². The van der Waals surface area contributed by atoms with Gasteiger partial charge >= 0.3 is 12.5 Å². The van der Waals surface area contributed by atoms with E-state index >= 15 is 0 Å². The molecule has 4 nitrogen and oxygen atoms in total. The lowest BCUT2D eigenvalue weighted by Gasteiger charge is -2.34. The maximum Gasteiger partial charge on any atom is 0.573 e. The molecule has 32 heavy (non-hydrogen) atoms. The third kappa shape index (κ3) is 5.81. The van der Waals surface area contributed by atoms with Gasteiger partial charge in [-0.25, -0.2) is 8.42 Å². The summed E-state index contributed by atoms with van der Waals surface area (Å²) in [7, 11) is -3.92. The summed E-state index contributed by atoms with van der Waals surface area (Å²) in [5.74, 6) is -0.846.